The van der Waals surface area contributed by atoms with E-state index in [9.17, 15) is 14.4 Å². The fraction of sp³-hybridized carbons (Fsp3) is 0.357. The zero-order valence-corrected chi connectivity index (χ0v) is 21.7. The van der Waals surface area contributed by atoms with E-state index in [1.54, 1.807) is 30.6 Å². The van der Waals surface area contributed by atoms with E-state index in [1.807, 2.05) is 48.5 Å². The first-order valence-corrected chi connectivity index (χ1v) is 12.5. The highest BCUT2D eigenvalue weighted by Crippen LogP contribution is 2.39. The van der Waals surface area contributed by atoms with Gasteiger partial charge in [0, 0.05) is 19.1 Å². The minimum Gasteiger partial charge on any atom is -0.497 e. The Labute approximate surface area is 220 Å². The highest BCUT2D eigenvalue weighted by atomic mass is 16.5. The van der Waals surface area contributed by atoms with Gasteiger partial charge in [0.25, 0.3) is 11.8 Å². The summed E-state index contributed by atoms with van der Waals surface area (Å²) in [6.45, 7) is 2.58. The second-order valence-electron chi connectivity index (χ2n) is 9.81. The van der Waals surface area contributed by atoms with Crippen LogP contribution in [0, 0.1) is 0 Å². The summed E-state index contributed by atoms with van der Waals surface area (Å²) in [6, 6.07) is 14.8. The monoisotopic (exact) mass is 517 g/mol. The standard InChI is InChI=1S/C28H31N5O5/c1-28(27(36)30-15-19-6-12-22(38-3)13-7-19)16-32-17-31-23(24(32)26(35)33(28)20-8-9-20)25(34)29-14-18-4-10-21(37-2)11-5-18/h4-7,10-13,17,20H,8-9,14-16H2,1-3H3,(H,29,34)(H,30,36)/t28-/m1/s1. The number of ether oxygens (including phenoxy) is 2. The summed E-state index contributed by atoms with van der Waals surface area (Å²) in [4.78, 5) is 46.2. The van der Waals surface area contributed by atoms with Crippen molar-refractivity contribution in [3.05, 3.63) is 77.4 Å². The van der Waals surface area contributed by atoms with Gasteiger partial charge in [0.1, 0.15) is 22.7 Å². The van der Waals surface area contributed by atoms with E-state index >= 15 is 0 Å². The number of fused-ring (bicyclic) bond motifs is 1. The van der Waals surface area contributed by atoms with Gasteiger partial charge in [0.15, 0.2) is 5.69 Å². The first-order chi connectivity index (χ1) is 18.3. The lowest BCUT2D eigenvalue weighted by atomic mass is 9.93. The lowest BCUT2D eigenvalue weighted by Crippen LogP contribution is -2.64. The first kappa shape index (κ1) is 25.3. The number of rotatable bonds is 9. The van der Waals surface area contributed by atoms with Crippen LogP contribution in [-0.4, -0.2) is 58.0 Å². The summed E-state index contributed by atoms with van der Waals surface area (Å²) in [5, 5.41) is 5.84. The summed E-state index contributed by atoms with van der Waals surface area (Å²) in [5.41, 5.74) is 0.968. The molecule has 1 saturated carbocycles. The van der Waals surface area contributed by atoms with E-state index in [-0.39, 0.29) is 42.3 Å². The van der Waals surface area contributed by atoms with Crippen LogP contribution in [0.4, 0.5) is 0 Å². The van der Waals surface area contributed by atoms with Crippen LogP contribution in [0.15, 0.2) is 54.9 Å². The summed E-state index contributed by atoms with van der Waals surface area (Å²) in [5.74, 6) is 0.420. The van der Waals surface area contributed by atoms with Gasteiger partial charge in [-0.05, 0) is 55.2 Å². The molecule has 5 rings (SSSR count). The Kier molecular flexibility index (Phi) is 6.79. The van der Waals surface area contributed by atoms with E-state index in [0.717, 1.165) is 35.5 Å². The van der Waals surface area contributed by atoms with Gasteiger partial charge in [-0.2, -0.15) is 0 Å². The van der Waals surface area contributed by atoms with E-state index in [2.05, 4.69) is 15.6 Å². The molecule has 38 heavy (non-hydrogen) atoms. The Morgan fingerprint density at radius 3 is 2.03 bits per heavy atom. The van der Waals surface area contributed by atoms with E-state index < -0.39 is 11.4 Å². The Hall–Kier alpha value is -4.34. The molecule has 1 atom stereocenters. The molecule has 1 aliphatic carbocycles. The van der Waals surface area contributed by atoms with Crippen molar-refractivity contribution in [3.63, 3.8) is 0 Å². The molecule has 2 aromatic carbocycles. The number of carbonyl (C=O) groups excluding carboxylic acids is 3. The van der Waals surface area contributed by atoms with Gasteiger partial charge in [-0.15, -0.1) is 0 Å². The second-order valence-corrected chi connectivity index (χ2v) is 9.81. The summed E-state index contributed by atoms with van der Waals surface area (Å²) < 4.78 is 12.0. The number of hydrogen-bond donors (Lipinski definition) is 2. The van der Waals surface area contributed by atoms with Gasteiger partial charge in [-0.1, -0.05) is 24.3 Å². The quantitative estimate of drug-likeness (QED) is 0.451. The molecule has 2 N–H and O–H groups in total. The van der Waals surface area contributed by atoms with Crippen molar-refractivity contribution < 1.29 is 23.9 Å². The Balaban J connectivity index is 1.32. The predicted octanol–water partition coefficient (Wildman–Crippen LogP) is 2.52. The van der Waals surface area contributed by atoms with Crippen LogP contribution < -0.4 is 20.1 Å². The van der Waals surface area contributed by atoms with E-state index in [1.165, 1.54) is 6.33 Å². The maximum absolute atomic E-state index is 13.8. The lowest BCUT2D eigenvalue weighted by Gasteiger charge is -2.44. The third-order valence-electron chi connectivity index (χ3n) is 7.11. The molecule has 0 spiro atoms. The number of imidazole rings is 1. The van der Waals surface area contributed by atoms with Crippen molar-refractivity contribution in [3.8, 4) is 11.5 Å². The number of aromatic nitrogens is 2. The van der Waals surface area contributed by atoms with Crippen LogP contribution in [0.2, 0.25) is 0 Å². The van der Waals surface area contributed by atoms with Crippen molar-refractivity contribution in [2.75, 3.05) is 14.2 Å². The number of hydrogen-bond acceptors (Lipinski definition) is 6. The van der Waals surface area contributed by atoms with Crippen molar-refractivity contribution in [2.45, 2.75) is 51.0 Å². The molecule has 0 radical (unpaired) electrons. The largest absolute Gasteiger partial charge is 0.497 e. The van der Waals surface area contributed by atoms with Crippen LogP contribution >= 0.6 is 0 Å². The van der Waals surface area contributed by atoms with Gasteiger partial charge in [0.2, 0.25) is 5.91 Å². The highest BCUT2D eigenvalue weighted by molar-refractivity contribution is 6.07. The summed E-state index contributed by atoms with van der Waals surface area (Å²) in [6.07, 6.45) is 3.11. The molecular formula is C28H31N5O5. The van der Waals surface area contributed by atoms with E-state index in [4.69, 9.17) is 9.47 Å². The van der Waals surface area contributed by atoms with Gasteiger partial charge in [-0.3, -0.25) is 14.4 Å². The second kappa shape index (κ2) is 10.2. The summed E-state index contributed by atoms with van der Waals surface area (Å²) in [7, 11) is 3.20. The zero-order chi connectivity index (χ0) is 26.9. The molecule has 10 nitrogen and oxygen atoms in total. The molecule has 1 aromatic heterocycles. The third-order valence-corrected chi connectivity index (χ3v) is 7.11. The fourth-order valence-corrected chi connectivity index (χ4v) is 4.85. The summed E-state index contributed by atoms with van der Waals surface area (Å²) >= 11 is 0. The molecule has 2 heterocycles. The van der Waals surface area contributed by atoms with Gasteiger partial charge in [-0.25, -0.2) is 4.98 Å². The van der Waals surface area contributed by atoms with E-state index in [0.29, 0.717) is 6.54 Å². The van der Waals surface area contributed by atoms with Crippen molar-refractivity contribution >= 4 is 17.7 Å². The maximum atomic E-state index is 13.8. The Bertz CT molecular complexity index is 1350. The number of nitrogens with one attached hydrogen (secondary N) is 2. The smallest absolute Gasteiger partial charge is 0.274 e. The first-order valence-electron chi connectivity index (χ1n) is 12.5. The SMILES string of the molecule is COc1ccc(CNC(=O)c2ncn3c2C(=O)N(C2CC2)[C@@](C)(C(=O)NCc2ccc(OC)cc2)C3)cc1. The molecule has 1 aliphatic heterocycles. The molecule has 198 valence electrons. The molecule has 10 heteroatoms. The van der Waals surface area contributed by atoms with Crippen LogP contribution in [0.3, 0.4) is 0 Å². The normalized spacial score (nSPS) is 18.5. The van der Waals surface area contributed by atoms with Gasteiger partial charge in [0.05, 0.1) is 27.1 Å². The predicted molar refractivity (Wildman–Crippen MR) is 139 cm³/mol. The number of methoxy groups -OCH3 is 2. The number of carbonyl (C=O) groups is 3. The fourth-order valence-electron chi connectivity index (χ4n) is 4.85. The molecule has 0 saturated heterocycles. The van der Waals surface area contributed by atoms with Crippen LogP contribution in [0.1, 0.15) is 51.9 Å². The average Bonchev–Trinajstić information content (AvgIpc) is 3.68. The average molecular weight is 518 g/mol. The molecule has 2 aliphatic rings. The van der Waals surface area contributed by atoms with Crippen molar-refractivity contribution in [1.29, 1.82) is 0 Å². The van der Waals surface area contributed by atoms with Crippen molar-refractivity contribution in [2.24, 2.45) is 0 Å². The topological polar surface area (TPSA) is 115 Å². The minimum atomic E-state index is -1.12. The minimum absolute atomic E-state index is 0.0434. The molecule has 0 unspecified atom stereocenters. The molecule has 3 amide bonds. The lowest BCUT2D eigenvalue weighted by molar-refractivity contribution is -0.133. The van der Waals surface area contributed by atoms with Crippen LogP contribution in [0.25, 0.3) is 0 Å². The number of amides is 3. The molecular weight excluding hydrogens is 486 g/mol. The Morgan fingerprint density at radius 1 is 0.947 bits per heavy atom. The number of nitrogens with zero attached hydrogens (tertiary/aromatic N) is 3. The Morgan fingerprint density at radius 2 is 1.50 bits per heavy atom. The zero-order valence-electron chi connectivity index (χ0n) is 21.7. The van der Waals surface area contributed by atoms with Gasteiger partial charge >= 0.3 is 0 Å². The number of benzene rings is 2. The molecule has 3 aromatic rings. The molecule has 1 fully saturated rings. The van der Waals surface area contributed by atoms with Gasteiger partial charge < -0.3 is 29.6 Å². The maximum Gasteiger partial charge on any atom is 0.274 e. The van der Waals surface area contributed by atoms with Crippen LogP contribution in [-0.2, 0) is 24.4 Å². The van der Waals surface area contributed by atoms with Crippen molar-refractivity contribution in [1.82, 2.24) is 25.1 Å². The van der Waals surface area contributed by atoms with Crippen LogP contribution in [0.5, 0.6) is 11.5 Å². The molecule has 0 bridgehead atoms. The third kappa shape index (κ3) is 4.81. The highest BCUT2D eigenvalue weighted by Gasteiger charge is 2.53.